The number of carboxylic acid groups (broad SMARTS) is 1. The quantitative estimate of drug-likeness (QED) is 0.828. The number of aromatic nitrogens is 1. The van der Waals surface area contributed by atoms with Crippen molar-refractivity contribution in [2.45, 2.75) is 25.1 Å². The SMILES string of the molecule is CN(Cc1cscn1)C(=O)N1C[C@H](O)C[C@@H]1C(=O)O. The molecule has 0 aliphatic carbocycles. The van der Waals surface area contributed by atoms with Gasteiger partial charge in [0.15, 0.2) is 0 Å². The highest BCUT2D eigenvalue weighted by Crippen LogP contribution is 2.20. The summed E-state index contributed by atoms with van der Waals surface area (Å²) >= 11 is 1.43. The van der Waals surface area contributed by atoms with E-state index in [0.29, 0.717) is 6.54 Å². The number of urea groups is 1. The molecule has 1 aliphatic heterocycles. The minimum atomic E-state index is -1.09. The van der Waals surface area contributed by atoms with E-state index in [4.69, 9.17) is 5.11 Å². The third kappa shape index (κ3) is 3.02. The number of likely N-dealkylation sites (tertiary alicyclic amines) is 1. The number of hydrogen-bond donors (Lipinski definition) is 2. The van der Waals surface area contributed by atoms with E-state index in [1.165, 1.54) is 21.1 Å². The Labute approximate surface area is 114 Å². The van der Waals surface area contributed by atoms with E-state index < -0.39 is 24.1 Å². The van der Waals surface area contributed by atoms with Crippen LogP contribution in [0, 0.1) is 0 Å². The molecule has 0 radical (unpaired) electrons. The van der Waals surface area contributed by atoms with Crippen LogP contribution in [-0.2, 0) is 11.3 Å². The van der Waals surface area contributed by atoms with Crippen molar-refractivity contribution in [1.82, 2.24) is 14.8 Å². The zero-order chi connectivity index (χ0) is 14.0. The maximum Gasteiger partial charge on any atom is 0.326 e. The summed E-state index contributed by atoms with van der Waals surface area (Å²) in [6.07, 6.45) is -0.705. The molecular weight excluding hydrogens is 270 g/mol. The molecule has 2 amide bonds. The van der Waals surface area contributed by atoms with Gasteiger partial charge < -0.3 is 20.0 Å². The van der Waals surface area contributed by atoms with Crippen molar-refractivity contribution < 1.29 is 19.8 Å². The molecule has 2 N–H and O–H groups in total. The molecule has 1 aromatic rings. The molecule has 104 valence electrons. The zero-order valence-electron chi connectivity index (χ0n) is 10.4. The molecule has 2 atom stereocenters. The molecule has 1 fully saturated rings. The summed E-state index contributed by atoms with van der Waals surface area (Å²) in [4.78, 5) is 29.9. The van der Waals surface area contributed by atoms with Gasteiger partial charge in [-0.1, -0.05) is 0 Å². The number of amides is 2. The largest absolute Gasteiger partial charge is 0.480 e. The maximum atomic E-state index is 12.2. The first kappa shape index (κ1) is 13.8. The van der Waals surface area contributed by atoms with E-state index in [1.54, 1.807) is 12.6 Å². The number of nitrogens with zero attached hydrogens (tertiary/aromatic N) is 3. The maximum absolute atomic E-state index is 12.2. The fourth-order valence-electron chi connectivity index (χ4n) is 2.10. The van der Waals surface area contributed by atoms with E-state index in [-0.39, 0.29) is 13.0 Å². The molecule has 0 aromatic carbocycles. The highest BCUT2D eigenvalue weighted by molar-refractivity contribution is 7.07. The first-order chi connectivity index (χ1) is 8.99. The molecule has 1 saturated heterocycles. The predicted molar refractivity (Wildman–Crippen MR) is 67.7 cm³/mol. The average molecular weight is 285 g/mol. The molecular formula is C11H15N3O4S. The average Bonchev–Trinajstić information content (AvgIpc) is 2.97. The minimum absolute atomic E-state index is 0.0528. The molecule has 0 spiro atoms. The number of aliphatic carboxylic acids is 1. The van der Waals surface area contributed by atoms with Crippen LogP contribution in [0.4, 0.5) is 4.79 Å². The number of carbonyl (C=O) groups is 2. The van der Waals surface area contributed by atoms with Gasteiger partial charge in [0, 0.05) is 25.4 Å². The van der Waals surface area contributed by atoms with Gasteiger partial charge >= 0.3 is 12.0 Å². The predicted octanol–water partition coefficient (Wildman–Crippen LogP) is 0.215. The van der Waals surface area contributed by atoms with Gasteiger partial charge in [-0.15, -0.1) is 11.3 Å². The second kappa shape index (κ2) is 5.54. The number of rotatable bonds is 3. The molecule has 19 heavy (non-hydrogen) atoms. The molecule has 7 nitrogen and oxygen atoms in total. The van der Waals surface area contributed by atoms with E-state index in [1.807, 2.05) is 5.38 Å². The Morgan fingerprint density at radius 3 is 2.95 bits per heavy atom. The van der Waals surface area contributed by atoms with Crippen molar-refractivity contribution in [2.75, 3.05) is 13.6 Å². The summed E-state index contributed by atoms with van der Waals surface area (Å²) in [5.74, 6) is -1.09. The highest BCUT2D eigenvalue weighted by Gasteiger charge is 2.40. The third-order valence-electron chi connectivity index (χ3n) is 3.02. The van der Waals surface area contributed by atoms with Crippen LogP contribution in [0.5, 0.6) is 0 Å². The molecule has 1 aromatic heterocycles. The Morgan fingerprint density at radius 2 is 2.37 bits per heavy atom. The van der Waals surface area contributed by atoms with Crippen LogP contribution in [-0.4, -0.2) is 62.7 Å². The standard InChI is InChI=1S/C11H15N3O4S/c1-13(3-7-5-19-6-12-7)11(18)14-4-8(15)2-9(14)10(16)17/h5-6,8-9,15H,2-4H2,1H3,(H,16,17)/t8-,9-/m1/s1. The van der Waals surface area contributed by atoms with Crippen molar-refractivity contribution in [3.63, 3.8) is 0 Å². The van der Waals surface area contributed by atoms with Crippen molar-refractivity contribution in [3.8, 4) is 0 Å². The van der Waals surface area contributed by atoms with E-state index in [2.05, 4.69) is 4.98 Å². The smallest absolute Gasteiger partial charge is 0.326 e. The summed E-state index contributed by atoms with van der Waals surface area (Å²) in [7, 11) is 1.59. The topological polar surface area (TPSA) is 94.0 Å². The molecule has 0 saturated carbocycles. The Morgan fingerprint density at radius 1 is 1.63 bits per heavy atom. The fraction of sp³-hybridized carbons (Fsp3) is 0.545. The summed E-state index contributed by atoms with van der Waals surface area (Å²) < 4.78 is 0. The van der Waals surface area contributed by atoms with Crippen LogP contribution in [0.25, 0.3) is 0 Å². The van der Waals surface area contributed by atoms with Crippen LogP contribution in [0.15, 0.2) is 10.9 Å². The number of aliphatic hydroxyl groups excluding tert-OH is 1. The number of thiazole rings is 1. The molecule has 2 heterocycles. The summed E-state index contributed by atoms with van der Waals surface area (Å²) in [6.45, 7) is 0.373. The van der Waals surface area contributed by atoms with Crippen molar-refractivity contribution in [2.24, 2.45) is 0 Å². The zero-order valence-corrected chi connectivity index (χ0v) is 11.2. The third-order valence-corrected chi connectivity index (χ3v) is 3.65. The monoisotopic (exact) mass is 285 g/mol. The summed E-state index contributed by atoms with van der Waals surface area (Å²) in [6, 6.07) is -1.36. The molecule has 8 heteroatoms. The van der Waals surface area contributed by atoms with Gasteiger partial charge in [-0.2, -0.15) is 0 Å². The molecule has 1 aliphatic rings. The van der Waals surface area contributed by atoms with Crippen LogP contribution < -0.4 is 0 Å². The number of β-amino-alcohol motifs (C(OH)–C–C–N with tert-alkyl or cyclic N) is 1. The second-order valence-electron chi connectivity index (χ2n) is 4.51. The summed E-state index contributed by atoms with van der Waals surface area (Å²) in [5.41, 5.74) is 2.43. The van der Waals surface area contributed by atoms with Gasteiger partial charge in [-0.05, 0) is 0 Å². The van der Waals surface area contributed by atoms with Crippen molar-refractivity contribution >= 4 is 23.3 Å². The Hall–Kier alpha value is -1.67. The normalized spacial score (nSPS) is 22.5. The van der Waals surface area contributed by atoms with Crippen LogP contribution in [0.3, 0.4) is 0 Å². The number of hydrogen-bond acceptors (Lipinski definition) is 5. The Kier molecular flexibility index (Phi) is 4.01. The fourth-order valence-corrected chi connectivity index (χ4v) is 2.65. The second-order valence-corrected chi connectivity index (χ2v) is 5.23. The van der Waals surface area contributed by atoms with Crippen LogP contribution >= 0.6 is 11.3 Å². The van der Waals surface area contributed by atoms with Crippen molar-refractivity contribution in [3.05, 3.63) is 16.6 Å². The first-order valence-electron chi connectivity index (χ1n) is 5.78. The van der Waals surface area contributed by atoms with Crippen LogP contribution in [0.2, 0.25) is 0 Å². The lowest BCUT2D eigenvalue weighted by Crippen LogP contribution is -2.46. The van der Waals surface area contributed by atoms with Gasteiger partial charge in [-0.3, -0.25) is 0 Å². The number of carboxylic acids is 1. The van der Waals surface area contributed by atoms with Gasteiger partial charge in [0.25, 0.3) is 0 Å². The van der Waals surface area contributed by atoms with Gasteiger partial charge in [-0.25, -0.2) is 14.6 Å². The van der Waals surface area contributed by atoms with E-state index >= 15 is 0 Å². The first-order valence-corrected chi connectivity index (χ1v) is 6.73. The van der Waals surface area contributed by atoms with Gasteiger partial charge in [0.1, 0.15) is 6.04 Å². The highest BCUT2D eigenvalue weighted by atomic mass is 32.1. The van der Waals surface area contributed by atoms with Gasteiger partial charge in [0.05, 0.1) is 23.9 Å². The molecule has 2 rings (SSSR count). The molecule has 0 bridgehead atoms. The lowest BCUT2D eigenvalue weighted by Gasteiger charge is -2.27. The van der Waals surface area contributed by atoms with Gasteiger partial charge in [0.2, 0.25) is 0 Å². The number of aliphatic hydroxyl groups is 1. The number of carbonyl (C=O) groups excluding carboxylic acids is 1. The summed E-state index contributed by atoms with van der Waals surface area (Å²) in [5, 5.41) is 20.4. The Bertz CT molecular complexity index is 465. The lowest BCUT2D eigenvalue weighted by atomic mass is 10.2. The van der Waals surface area contributed by atoms with E-state index in [9.17, 15) is 14.7 Å². The minimum Gasteiger partial charge on any atom is -0.480 e. The lowest BCUT2D eigenvalue weighted by molar-refractivity contribution is -0.141. The van der Waals surface area contributed by atoms with Crippen LogP contribution in [0.1, 0.15) is 12.1 Å². The molecule has 0 unspecified atom stereocenters. The Balaban J connectivity index is 2.03. The van der Waals surface area contributed by atoms with E-state index in [0.717, 1.165) is 5.69 Å². The van der Waals surface area contributed by atoms with Crippen molar-refractivity contribution in [1.29, 1.82) is 0 Å².